The summed E-state index contributed by atoms with van der Waals surface area (Å²) in [5.41, 5.74) is 2.78. The second kappa shape index (κ2) is 6.24. The minimum absolute atomic E-state index is 0. The van der Waals surface area contributed by atoms with Gasteiger partial charge in [0.05, 0.1) is 17.5 Å². The normalized spacial score (nSPS) is 15.8. The number of thiophene rings is 1. The van der Waals surface area contributed by atoms with Gasteiger partial charge in [-0.05, 0) is 37.4 Å². The Morgan fingerprint density at radius 1 is 1.32 bits per heavy atom. The summed E-state index contributed by atoms with van der Waals surface area (Å²) in [5, 5.41) is 9.92. The summed E-state index contributed by atoms with van der Waals surface area (Å²) >= 11 is 1.66. The van der Waals surface area contributed by atoms with Crippen molar-refractivity contribution >= 4 is 29.4 Å². The number of fused-ring (bicyclic) bond motifs is 1. The van der Waals surface area contributed by atoms with Crippen molar-refractivity contribution in [2.75, 3.05) is 13.1 Å². The predicted molar refractivity (Wildman–Crippen MR) is 91.2 cm³/mol. The molecule has 3 aromatic rings. The molecule has 116 valence electrons. The van der Waals surface area contributed by atoms with Gasteiger partial charge in [0.25, 0.3) is 5.56 Å². The van der Waals surface area contributed by atoms with Crippen LogP contribution in [-0.2, 0) is 0 Å². The fourth-order valence-electron chi connectivity index (χ4n) is 3.03. The van der Waals surface area contributed by atoms with Crippen LogP contribution in [0, 0.1) is 0 Å². The van der Waals surface area contributed by atoms with Gasteiger partial charge in [0.15, 0.2) is 0 Å². The number of hydrogen-bond acceptors (Lipinski definition) is 4. The third-order valence-electron chi connectivity index (χ3n) is 4.08. The van der Waals surface area contributed by atoms with E-state index in [4.69, 9.17) is 0 Å². The van der Waals surface area contributed by atoms with E-state index in [0.29, 0.717) is 5.92 Å². The molecule has 0 amide bonds. The predicted octanol–water partition coefficient (Wildman–Crippen LogP) is 2.64. The second-order valence-corrected chi connectivity index (χ2v) is 6.33. The molecule has 0 radical (unpaired) electrons. The summed E-state index contributed by atoms with van der Waals surface area (Å²) in [5.74, 6) is 0.395. The van der Waals surface area contributed by atoms with Crippen molar-refractivity contribution in [3.63, 3.8) is 0 Å². The number of H-pyrrole nitrogens is 1. The maximum absolute atomic E-state index is 12.1. The van der Waals surface area contributed by atoms with E-state index in [1.54, 1.807) is 17.4 Å². The smallest absolute Gasteiger partial charge is 0.251 e. The third-order valence-corrected chi connectivity index (χ3v) is 4.98. The average Bonchev–Trinajstić information content (AvgIpc) is 3.15. The third kappa shape index (κ3) is 2.58. The molecule has 1 saturated heterocycles. The van der Waals surface area contributed by atoms with Crippen molar-refractivity contribution in [3.8, 4) is 10.4 Å². The number of nitrogens with one attached hydrogen (secondary N) is 2. The maximum Gasteiger partial charge on any atom is 0.251 e. The van der Waals surface area contributed by atoms with Crippen LogP contribution in [0.2, 0.25) is 0 Å². The van der Waals surface area contributed by atoms with Crippen molar-refractivity contribution < 1.29 is 0 Å². The van der Waals surface area contributed by atoms with Crippen molar-refractivity contribution in [1.29, 1.82) is 0 Å². The molecule has 2 N–H and O–H groups in total. The highest BCUT2D eigenvalue weighted by molar-refractivity contribution is 7.13. The number of piperidine rings is 1. The first-order valence-electron chi connectivity index (χ1n) is 7.18. The second-order valence-electron chi connectivity index (χ2n) is 5.38. The Kier molecular flexibility index (Phi) is 4.33. The van der Waals surface area contributed by atoms with Crippen LogP contribution in [-0.4, -0.2) is 27.7 Å². The lowest BCUT2D eigenvalue weighted by molar-refractivity contribution is 0.446. The molecule has 7 heteroatoms. The first-order valence-corrected chi connectivity index (χ1v) is 8.06. The molecule has 1 fully saturated rings. The van der Waals surface area contributed by atoms with Gasteiger partial charge in [0.2, 0.25) is 0 Å². The van der Waals surface area contributed by atoms with E-state index < -0.39 is 0 Å². The van der Waals surface area contributed by atoms with Crippen molar-refractivity contribution in [2.24, 2.45) is 0 Å². The number of aromatic amines is 1. The van der Waals surface area contributed by atoms with Gasteiger partial charge in [-0.25, -0.2) is 4.52 Å². The first kappa shape index (κ1) is 15.3. The molecular formula is C15H17ClN4OS. The Labute approximate surface area is 137 Å². The summed E-state index contributed by atoms with van der Waals surface area (Å²) in [6.45, 7) is 2.00. The number of aromatic nitrogens is 3. The molecular weight excluding hydrogens is 320 g/mol. The highest BCUT2D eigenvalue weighted by Gasteiger charge is 2.20. The lowest BCUT2D eigenvalue weighted by Crippen LogP contribution is -2.28. The van der Waals surface area contributed by atoms with E-state index in [2.05, 4.69) is 21.5 Å². The van der Waals surface area contributed by atoms with E-state index >= 15 is 0 Å². The fraction of sp³-hybridized carbons (Fsp3) is 0.333. The van der Waals surface area contributed by atoms with Gasteiger partial charge >= 0.3 is 0 Å². The molecule has 1 aliphatic rings. The van der Waals surface area contributed by atoms with Crippen LogP contribution in [0.4, 0.5) is 0 Å². The summed E-state index contributed by atoms with van der Waals surface area (Å²) in [7, 11) is 0. The molecule has 0 unspecified atom stereocenters. The standard InChI is InChI=1S/C15H16N4OS.ClH/c20-14-8-12(10-3-5-16-6-4-10)19-15(18-14)11(9-17-19)13-2-1-7-21-13;/h1-2,7-10,16H,3-6H2,(H,18,20);1H. The average molecular weight is 337 g/mol. The van der Waals surface area contributed by atoms with Crippen LogP contribution >= 0.6 is 23.7 Å². The van der Waals surface area contributed by atoms with Gasteiger partial charge in [0, 0.05) is 16.9 Å². The molecule has 0 saturated carbocycles. The summed E-state index contributed by atoms with van der Waals surface area (Å²) in [6, 6.07) is 5.77. The number of hydrogen-bond donors (Lipinski definition) is 2. The molecule has 3 aromatic heterocycles. The Morgan fingerprint density at radius 3 is 2.86 bits per heavy atom. The van der Waals surface area contributed by atoms with Crippen molar-refractivity contribution in [1.82, 2.24) is 19.9 Å². The van der Waals surface area contributed by atoms with Gasteiger partial charge in [-0.15, -0.1) is 23.7 Å². The first-order chi connectivity index (χ1) is 10.3. The Hall–Kier alpha value is -1.63. The lowest BCUT2D eigenvalue weighted by atomic mass is 9.94. The highest BCUT2D eigenvalue weighted by Crippen LogP contribution is 2.30. The van der Waals surface area contributed by atoms with Crippen LogP contribution in [0.5, 0.6) is 0 Å². The molecule has 0 atom stereocenters. The van der Waals surface area contributed by atoms with Crippen LogP contribution in [0.1, 0.15) is 24.5 Å². The number of rotatable bonds is 2. The summed E-state index contributed by atoms with van der Waals surface area (Å²) in [6.07, 6.45) is 3.95. The zero-order valence-electron chi connectivity index (χ0n) is 11.9. The van der Waals surface area contributed by atoms with E-state index in [9.17, 15) is 4.79 Å². The van der Waals surface area contributed by atoms with Gasteiger partial charge in [0.1, 0.15) is 5.65 Å². The van der Waals surface area contributed by atoms with Crippen LogP contribution in [0.25, 0.3) is 16.1 Å². The minimum Gasteiger partial charge on any atom is -0.317 e. The molecule has 22 heavy (non-hydrogen) atoms. The summed E-state index contributed by atoms with van der Waals surface area (Å²) < 4.78 is 1.91. The highest BCUT2D eigenvalue weighted by atomic mass is 35.5. The topological polar surface area (TPSA) is 62.2 Å². The SMILES string of the molecule is Cl.O=c1cc(C2CCNCC2)n2ncc(-c3cccs3)c2[nH]1. The molecule has 0 aromatic carbocycles. The van der Waals surface area contributed by atoms with E-state index in [1.165, 1.54) is 0 Å². The van der Waals surface area contributed by atoms with Gasteiger partial charge in [-0.2, -0.15) is 5.10 Å². The molecule has 0 aliphatic carbocycles. The van der Waals surface area contributed by atoms with Gasteiger partial charge in [-0.1, -0.05) is 6.07 Å². The van der Waals surface area contributed by atoms with Gasteiger partial charge in [-0.3, -0.25) is 4.79 Å². The Morgan fingerprint density at radius 2 is 2.14 bits per heavy atom. The Bertz CT molecular complexity index is 818. The zero-order valence-corrected chi connectivity index (χ0v) is 13.5. The van der Waals surface area contributed by atoms with E-state index in [1.807, 2.05) is 22.2 Å². The molecule has 4 heterocycles. The number of nitrogens with zero attached hydrogens (tertiary/aromatic N) is 2. The number of halogens is 1. The van der Waals surface area contributed by atoms with Crippen LogP contribution in [0.15, 0.2) is 34.6 Å². The minimum atomic E-state index is -0.0469. The lowest BCUT2D eigenvalue weighted by Gasteiger charge is -2.23. The van der Waals surface area contributed by atoms with Crippen LogP contribution < -0.4 is 10.9 Å². The zero-order chi connectivity index (χ0) is 14.2. The fourth-order valence-corrected chi connectivity index (χ4v) is 3.77. The molecule has 4 rings (SSSR count). The quantitative estimate of drug-likeness (QED) is 0.756. The van der Waals surface area contributed by atoms with E-state index in [0.717, 1.165) is 47.7 Å². The monoisotopic (exact) mass is 336 g/mol. The molecule has 5 nitrogen and oxygen atoms in total. The van der Waals surface area contributed by atoms with Gasteiger partial charge < -0.3 is 10.3 Å². The molecule has 1 aliphatic heterocycles. The van der Waals surface area contributed by atoms with Crippen LogP contribution in [0.3, 0.4) is 0 Å². The van der Waals surface area contributed by atoms with Crippen molar-refractivity contribution in [2.45, 2.75) is 18.8 Å². The molecule has 0 spiro atoms. The maximum atomic E-state index is 12.1. The van der Waals surface area contributed by atoms with Crippen molar-refractivity contribution in [3.05, 3.63) is 45.8 Å². The summed E-state index contributed by atoms with van der Waals surface area (Å²) in [4.78, 5) is 16.1. The Balaban J connectivity index is 0.00000144. The largest absolute Gasteiger partial charge is 0.317 e. The molecule has 0 bridgehead atoms. The van der Waals surface area contributed by atoms with E-state index in [-0.39, 0.29) is 18.0 Å².